The lowest BCUT2D eigenvalue weighted by molar-refractivity contribution is 0.259. The van der Waals surface area contributed by atoms with Crippen LogP contribution in [0.5, 0.6) is 0 Å². The third-order valence-corrected chi connectivity index (χ3v) is 3.85. The number of sulfonamides is 1. The summed E-state index contributed by atoms with van der Waals surface area (Å²) in [6.07, 6.45) is 1.35. The van der Waals surface area contributed by atoms with Crippen molar-refractivity contribution in [3.63, 3.8) is 0 Å². The van der Waals surface area contributed by atoms with Gasteiger partial charge in [-0.2, -0.15) is 5.10 Å². The summed E-state index contributed by atoms with van der Waals surface area (Å²) in [4.78, 5) is 0. The average Bonchev–Trinajstić information content (AvgIpc) is 2.92. The smallest absolute Gasteiger partial charge is 0.258 e. The zero-order valence-electron chi connectivity index (χ0n) is 9.45. The van der Waals surface area contributed by atoms with Crippen molar-refractivity contribution < 1.29 is 13.5 Å². The monoisotopic (exact) mass is 267 g/mol. The van der Waals surface area contributed by atoms with E-state index >= 15 is 0 Å². The second-order valence-corrected chi connectivity index (χ2v) is 5.37. The first-order valence-electron chi connectivity index (χ1n) is 5.31. The highest BCUT2D eigenvalue weighted by molar-refractivity contribution is 7.89. The molecule has 0 amide bonds. The third-order valence-electron chi connectivity index (χ3n) is 2.45. The number of H-pyrrole nitrogens is 1. The van der Waals surface area contributed by atoms with Crippen LogP contribution in [0.3, 0.4) is 0 Å². The Morgan fingerprint density at radius 3 is 2.56 bits per heavy atom. The molecule has 1 heterocycles. The predicted molar refractivity (Wildman–Crippen MR) is 65.2 cm³/mol. The fourth-order valence-corrected chi connectivity index (χ4v) is 2.66. The first-order chi connectivity index (χ1) is 8.63. The molecule has 0 unspecified atom stereocenters. The molecule has 1 aromatic carbocycles. The summed E-state index contributed by atoms with van der Waals surface area (Å²) in [7, 11) is -3.70. The molecular formula is C11H13N3O3S. The summed E-state index contributed by atoms with van der Waals surface area (Å²) in [6, 6.07) is 9.54. The fraction of sp³-hybridized carbons (Fsp3) is 0.182. The highest BCUT2D eigenvalue weighted by atomic mass is 32.2. The van der Waals surface area contributed by atoms with Gasteiger partial charge in [0.05, 0.1) is 18.8 Å². The molecule has 0 saturated carbocycles. The fourth-order valence-electron chi connectivity index (χ4n) is 1.54. The topological polar surface area (TPSA) is 95.1 Å². The van der Waals surface area contributed by atoms with Crippen LogP contribution >= 0.6 is 0 Å². The van der Waals surface area contributed by atoms with Gasteiger partial charge in [-0.1, -0.05) is 30.3 Å². The van der Waals surface area contributed by atoms with Crippen molar-refractivity contribution in [1.29, 1.82) is 0 Å². The highest BCUT2D eigenvalue weighted by Gasteiger charge is 2.21. The molecule has 18 heavy (non-hydrogen) atoms. The molecule has 0 aliphatic rings. The zero-order valence-corrected chi connectivity index (χ0v) is 10.3. The van der Waals surface area contributed by atoms with Crippen LogP contribution in [0.1, 0.15) is 11.6 Å². The van der Waals surface area contributed by atoms with Gasteiger partial charge < -0.3 is 5.11 Å². The molecular weight excluding hydrogens is 254 g/mol. The van der Waals surface area contributed by atoms with Crippen molar-refractivity contribution in [2.24, 2.45) is 0 Å². The Morgan fingerprint density at radius 2 is 2.00 bits per heavy atom. The Kier molecular flexibility index (Phi) is 3.75. The van der Waals surface area contributed by atoms with Crippen LogP contribution < -0.4 is 4.72 Å². The lowest BCUT2D eigenvalue weighted by Gasteiger charge is -2.15. The van der Waals surface area contributed by atoms with E-state index < -0.39 is 16.1 Å². The third kappa shape index (κ3) is 2.76. The number of nitrogens with zero attached hydrogens (tertiary/aromatic N) is 1. The van der Waals surface area contributed by atoms with Crippen molar-refractivity contribution in [3.05, 3.63) is 48.2 Å². The Hall–Kier alpha value is -1.70. The first kappa shape index (κ1) is 12.7. The molecule has 0 aliphatic heterocycles. The molecule has 7 heteroatoms. The number of nitrogens with one attached hydrogen (secondary N) is 2. The lowest BCUT2D eigenvalue weighted by atomic mass is 10.1. The summed E-state index contributed by atoms with van der Waals surface area (Å²) in [6.45, 7) is -0.322. The summed E-state index contributed by atoms with van der Waals surface area (Å²) < 4.78 is 26.3. The number of aliphatic hydroxyl groups excluding tert-OH is 1. The van der Waals surface area contributed by atoms with Gasteiger partial charge in [-0.05, 0) is 11.6 Å². The minimum Gasteiger partial charge on any atom is -0.394 e. The van der Waals surface area contributed by atoms with E-state index in [0.717, 1.165) is 0 Å². The Morgan fingerprint density at radius 1 is 1.28 bits per heavy atom. The summed E-state index contributed by atoms with van der Waals surface area (Å²) >= 11 is 0. The summed E-state index contributed by atoms with van der Waals surface area (Å²) in [5.74, 6) is 0. The van der Waals surface area contributed by atoms with Gasteiger partial charge >= 0.3 is 0 Å². The Labute approximate surface area is 105 Å². The van der Waals surface area contributed by atoms with Gasteiger partial charge in [0.25, 0.3) is 10.0 Å². The van der Waals surface area contributed by atoms with Crippen LogP contribution in [0.15, 0.2) is 47.6 Å². The molecule has 0 fully saturated rings. The van der Waals surface area contributed by atoms with Crippen LogP contribution in [0.25, 0.3) is 0 Å². The average molecular weight is 267 g/mol. The van der Waals surface area contributed by atoms with Crippen molar-refractivity contribution >= 4 is 10.0 Å². The van der Waals surface area contributed by atoms with Gasteiger partial charge in [0.2, 0.25) is 0 Å². The second-order valence-electron chi connectivity index (χ2n) is 3.69. The second kappa shape index (κ2) is 5.30. The summed E-state index contributed by atoms with van der Waals surface area (Å²) in [5, 5.41) is 15.2. The molecule has 0 saturated heterocycles. The largest absolute Gasteiger partial charge is 0.394 e. The van der Waals surface area contributed by atoms with Gasteiger partial charge in [0, 0.05) is 0 Å². The number of rotatable bonds is 5. The number of aromatic amines is 1. The van der Waals surface area contributed by atoms with Gasteiger partial charge in [-0.3, -0.25) is 5.10 Å². The molecule has 1 atom stereocenters. The zero-order chi connectivity index (χ0) is 13.0. The van der Waals surface area contributed by atoms with Crippen molar-refractivity contribution in [3.8, 4) is 0 Å². The van der Waals surface area contributed by atoms with E-state index in [1.807, 2.05) is 6.07 Å². The van der Waals surface area contributed by atoms with E-state index in [-0.39, 0.29) is 11.6 Å². The number of hydrogen-bond acceptors (Lipinski definition) is 4. The molecule has 0 spiro atoms. The maximum atomic E-state index is 11.9. The number of aliphatic hydroxyl groups is 1. The highest BCUT2D eigenvalue weighted by Crippen LogP contribution is 2.15. The van der Waals surface area contributed by atoms with E-state index in [1.165, 1.54) is 12.3 Å². The van der Waals surface area contributed by atoms with Gasteiger partial charge in [-0.15, -0.1) is 0 Å². The molecule has 0 aliphatic carbocycles. The van der Waals surface area contributed by atoms with Crippen molar-refractivity contribution in [1.82, 2.24) is 14.9 Å². The van der Waals surface area contributed by atoms with Crippen LogP contribution in [-0.4, -0.2) is 30.3 Å². The van der Waals surface area contributed by atoms with Crippen molar-refractivity contribution in [2.45, 2.75) is 11.1 Å². The van der Waals surface area contributed by atoms with Gasteiger partial charge in [0.1, 0.15) is 0 Å². The van der Waals surface area contributed by atoms with E-state index in [4.69, 9.17) is 0 Å². The number of aromatic nitrogens is 2. The maximum Gasteiger partial charge on any atom is 0.258 e. The van der Waals surface area contributed by atoms with E-state index in [0.29, 0.717) is 5.56 Å². The molecule has 0 bridgehead atoms. The minimum atomic E-state index is -3.70. The molecule has 96 valence electrons. The molecule has 2 aromatic rings. The van der Waals surface area contributed by atoms with Crippen molar-refractivity contribution in [2.75, 3.05) is 6.61 Å². The Balaban J connectivity index is 2.22. The molecule has 2 rings (SSSR count). The number of benzene rings is 1. The van der Waals surface area contributed by atoms with Gasteiger partial charge in [0.15, 0.2) is 5.03 Å². The summed E-state index contributed by atoms with van der Waals surface area (Å²) in [5.41, 5.74) is 0.697. The van der Waals surface area contributed by atoms with Crippen LogP contribution in [0.2, 0.25) is 0 Å². The normalized spacial score (nSPS) is 13.4. The quantitative estimate of drug-likeness (QED) is 0.731. The van der Waals surface area contributed by atoms with E-state index in [2.05, 4.69) is 14.9 Å². The van der Waals surface area contributed by atoms with Crippen LogP contribution in [0.4, 0.5) is 0 Å². The van der Waals surface area contributed by atoms with Crippen LogP contribution in [-0.2, 0) is 10.0 Å². The first-order valence-corrected chi connectivity index (χ1v) is 6.79. The maximum absolute atomic E-state index is 11.9. The predicted octanol–water partition coefficient (Wildman–Crippen LogP) is 0.422. The van der Waals surface area contributed by atoms with Crippen LogP contribution in [0, 0.1) is 0 Å². The number of hydrogen-bond donors (Lipinski definition) is 3. The molecule has 1 aromatic heterocycles. The molecule has 3 N–H and O–H groups in total. The molecule has 6 nitrogen and oxygen atoms in total. The standard InChI is InChI=1S/C11H13N3O3S/c15-8-10(9-4-2-1-3-5-9)14-18(16,17)11-6-7-12-13-11/h1-7,10,14-15H,8H2,(H,12,13)/t10-/m0/s1. The van der Waals surface area contributed by atoms with E-state index in [9.17, 15) is 13.5 Å². The Bertz CT molecular complexity index is 581. The molecule has 0 radical (unpaired) electrons. The minimum absolute atomic E-state index is 0.0307. The van der Waals surface area contributed by atoms with Gasteiger partial charge in [-0.25, -0.2) is 13.1 Å². The lowest BCUT2D eigenvalue weighted by Crippen LogP contribution is -2.31. The van der Waals surface area contributed by atoms with E-state index in [1.54, 1.807) is 24.3 Å². The SMILES string of the molecule is O=S(=O)(N[C@@H](CO)c1ccccc1)c1ccn[nH]1.